The van der Waals surface area contributed by atoms with Crippen LogP contribution < -0.4 is 4.74 Å². The molecule has 0 radical (unpaired) electrons. The SMILES string of the molecule is COC(=O)C12Oc3cccc(O)c3C(=O)C1=C(OC)CCC2O. The third-order valence-corrected chi connectivity index (χ3v) is 4.23. The summed E-state index contributed by atoms with van der Waals surface area (Å²) in [6, 6.07) is 4.27. The van der Waals surface area contributed by atoms with E-state index >= 15 is 0 Å². The van der Waals surface area contributed by atoms with E-state index in [4.69, 9.17) is 14.2 Å². The summed E-state index contributed by atoms with van der Waals surface area (Å²) in [6.45, 7) is 0. The molecule has 2 unspecified atom stereocenters. The number of hydrogen-bond donors (Lipinski definition) is 2. The number of Topliss-reactive ketones (excluding diaryl/α,β-unsaturated/α-hetero) is 1. The van der Waals surface area contributed by atoms with Gasteiger partial charge in [0, 0.05) is 6.42 Å². The number of aromatic hydroxyl groups is 1. The Kier molecular flexibility index (Phi) is 3.52. The van der Waals surface area contributed by atoms with Gasteiger partial charge < -0.3 is 24.4 Å². The number of hydrogen-bond acceptors (Lipinski definition) is 7. The maximum Gasteiger partial charge on any atom is 0.358 e. The lowest BCUT2D eigenvalue weighted by molar-refractivity contribution is -0.167. The molecule has 7 nitrogen and oxygen atoms in total. The number of benzene rings is 1. The average Bonchev–Trinajstić information content (AvgIpc) is 2.55. The zero-order chi connectivity index (χ0) is 16.8. The number of ether oxygens (including phenoxy) is 3. The van der Waals surface area contributed by atoms with Crippen LogP contribution in [0, 0.1) is 0 Å². The van der Waals surface area contributed by atoms with Gasteiger partial charge in [-0.1, -0.05) is 6.07 Å². The van der Waals surface area contributed by atoms with Crippen LogP contribution in [-0.2, 0) is 14.3 Å². The predicted octanol–water partition coefficient (Wildman–Crippen LogP) is 0.934. The van der Waals surface area contributed by atoms with Crippen molar-refractivity contribution in [2.75, 3.05) is 14.2 Å². The third kappa shape index (κ3) is 1.93. The number of carbonyl (C=O) groups excluding carboxylic acids is 2. The van der Waals surface area contributed by atoms with E-state index in [1.807, 2.05) is 0 Å². The number of carbonyl (C=O) groups is 2. The smallest absolute Gasteiger partial charge is 0.358 e. The Balaban J connectivity index is 2.34. The molecule has 1 aliphatic carbocycles. The standard InChI is InChI=1S/C16H16O7/c1-21-10-6-7-11(18)16(15(20)22-2)13(10)14(19)12-8(17)4-3-5-9(12)23-16/h3-5,11,17-18H,6-7H2,1-2H3. The number of phenols is 1. The summed E-state index contributed by atoms with van der Waals surface area (Å²) in [5, 5.41) is 20.4. The minimum absolute atomic E-state index is 0.0144. The summed E-state index contributed by atoms with van der Waals surface area (Å²) >= 11 is 0. The first kappa shape index (κ1) is 15.4. The van der Waals surface area contributed by atoms with Crippen LogP contribution in [0.4, 0.5) is 0 Å². The van der Waals surface area contributed by atoms with Gasteiger partial charge in [-0.15, -0.1) is 0 Å². The van der Waals surface area contributed by atoms with Crippen molar-refractivity contribution in [1.29, 1.82) is 0 Å². The van der Waals surface area contributed by atoms with Crippen molar-refractivity contribution < 1.29 is 34.0 Å². The first-order valence-electron chi connectivity index (χ1n) is 7.07. The van der Waals surface area contributed by atoms with Crippen LogP contribution in [0.1, 0.15) is 23.2 Å². The number of esters is 1. The van der Waals surface area contributed by atoms with Crippen LogP contribution in [0.3, 0.4) is 0 Å². The fraction of sp³-hybridized carbons (Fsp3) is 0.375. The van der Waals surface area contributed by atoms with E-state index in [0.29, 0.717) is 0 Å². The number of ketones is 1. The Labute approximate surface area is 132 Å². The Hall–Kier alpha value is -2.54. The van der Waals surface area contributed by atoms with Gasteiger partial charge in [-0.05, 0) is 18.6 Å². The van der Waals surface area contributed by atoms with Crippen LogP contribution in [0.5, 0.6) is 11.5 Å². The van der Waals surface area contributed by atoms with Crippen molar-refractivity contribution in [1.82, 2.24) is 0 Å². The number of phenolic OH excluding ortho intramolecular Hbond substituents is 1. The number of aliphatic hydroxyl groups is 1. The molecule has 1 heterocycles. The number of methoxy groups -OCH3 is 2. The van der Waals surface area contributed by atoms with Gasteiger partial charge in [-0.3, -0.25) is 4.79 Å². The molecule has 2 aliphatic rings. The Morgan fingerprint density at radius 1 is 1.39 bits per heavy atom. The Morgan fingerprint density at radius 3 is 2.78 bits per heavy atom. The van der Waals surface area contributed by atoms with Crippen molar-refractivity contribution in [3.05, 3.63) is 35.1 Å². The maximum atomic E-state index is 12.9. The van der Waals surface area contributed by atoms with Crippen molar-refractivity contribution in [3.63, 3.8) is 0 Å². The van der Waals surface area contributed by atoms with E-state index < -0.39 is 23.5 Å². The van der Waals surface area contributed by atoms with E-state index in [2.05, 4.69) is 0 Å². The Bertz CT molecular complexity index is 721. The van der Waals surface area contributed by atoms with Gasteiger partial charge in [-0.2, -0.15) is 0 Å². The molecule has 3 rings (SSSR count). The first-order chi connectivity index (χ1) is 11.0. The van der Waals surface area contributed by atoms with Crippen LogP contribution in [0.2, 0.25) is 0 Å². The summed E-state index contributed by atoms with van der Waals surface area (Å²) in [4.78, 5) is 25.3. The summed E-state index contributed by atoms with van der Waals surface area (Å²) in [6.07, 6.45) is -0.837. The second-order valence-electron chi connectivity index (χ2n) is 5.37. The first-order valence-corrected chi connectivity index (χ1v) is 7.07. The molecule has 2 N–H and O–H groups in total. The van der Waals surface area contributed by atoms with Gasteiger partial charge in [0.1, 0.15) is 28.9 Å². The highest BCUT2D eigenvalue weighted by Crippen LogP contribution is 2.47. The van der Waals surface area contributed by atoms with E-state index in [0.717, 1.165) is 7.11 Å². The van der Waals surface area contributed by atoms with Crippen molar-refractivity contribution in [2.45, 2.75) is 24.5 Å². The lowest BCUT2D eigenvalue weighted by Crippen LogP contribution is -2.61. The van der Waals surface area contributed by atoms with Gasteiger partial charge in [-0.25, -0.2) is 4.79 Å². The van der Waals surface area contributed by atoms with Crippen LogP contribution >= 0.6 is 0 Å². The van der Waals surface area contributed by atoms with E-state index in [1.165, 1.54) is 25.3 Å². The third-order valence-electron chi connectivity index (χ3n) is 4.23. The number of aliphatic hydroxyl groups excluding tert-OH is 1. The van der Waals surface area contributed by atoms with Crippen LogP contribution in [-0.4, -0.2) is 47.9 Å². The van der Waals surface area contributed by atoms with E-state index in [9.17, 15) is 19.8 Å². The molecular weight excluding hydrogens is 304 g/mol. The molecule has 1 aliphatic heterocycles. The molecule has 122 valence electrons. The second-order valence-corrected chi connectivity index (χ2v) is 5.37. The molecule has 1 aromatic carbocycles. The number of allylic oxidation sites excluding steroid dienone is 1. The molecule has 23 heavy (non-hydrogen) atoms. The van der Waals surface area contributed by atoms with E-state index in [-0.39, 0.29) is 41.2 Å². The molecule has 0 fully saturated rings. The zero-order valence-corrected chi connectivity index (χ0v) is 12.7. The van der Waals surface area contributed by atoms with Gasteiger partial charge in [0.25, 0.3) is 5.60 Å². The van der Waals surface area contributed by atoms with Gasteiger partial charge >= 0.3 is 5.97 Å². The minimum Gasteiger partial charge on any atom is -0.507 e. The van der Waals surface area contributed by atoms with Gasteiger partial charge in [0.05, 0.1) is 19.8 Å². The monoisotopic (exact) mass is 320 g/mol. The highest BCUT2D eigenvalue weighted by atomic mass is 16.6. The fourth-order valence-corrected chi connectivity index (χ4v) is 3.15. The Morgan fingerprint density at radius 2 is 2.13 bits per heavy atom. The van der Waals surface area contributed by atoms with Crippen LogP contribution in [0.15, 0.2) is 29.5 Å². The summed E-state index contributed by atoms with van der Waals surface area (Å²) in [5.74, 6) is -1.53. The lowest BCUT2D eigenvalue weighted by Gasteiger charge is -2.43. The summed E-state index contributed by atoms with van der Waals surface area (Å²) < 4.78 is 15.7. The maximum absolute atomic E-state index is 12.9. The summed E-state index contributed by atoms with van der Waals surface area (Å²) in [7, 11) is 2.52. The zero-order valence-electron chi connectivity index (χ0n) is 12.7. The second kappa shape index (κ2) is 5.27. The fourth-order valence-electron chi connectivity index (χ4n) is 3.15. The minimum atomic E-state index is -1.99. The molecule has 0 saturated carbocycles. The highest BCUT2D eigenvalue weighted by molar-refractivity contribution is 6.18. The van der Waals surface area contributed by atoms with Crippen molar-refractivity contribution >= 4 is 11.8 Å². The van der Waals surface area contributed by atoms with Gasteiger partial charge in [0.2, 0.25) is 5.78 Å². The summed E-state index contributed by atoms with van der Waals surface area (Å²) in [5.41, 5.74) is -2.18. The molecule has 0 spiro atoms. The molecule has 7 heteroatoms. The number of rotatable bonds is 2. The van der Waals surface area contributed by atoms with E-state index in [1.54, 1.807) is 0 Å². The predicted molar refractivity (Wildman–Crippen MR) is 77.1 cm³/mol. The molecule has 2 atom stereocenters. The quantitative estimate of drug-likeness (QED) is 0.782. The molecule has 1 aromatic rings. The molecular formula is C16H16O7. The molecule has 0 bridgehead atoms. The average molecular weight is 320 g/mol. The molecule has 0 amide bonds. The van der Waals surface area contributed by atoms with Crippen molar-refractivity contribution in [3.8, 4) is 11.5 Å². The highest BCUT2D eigenvalue weighted by Gasteiger charge is 2.61. The molecule has 0 aromatic heterocycles. The topological polar surface area (TPSA) is 102 Å². The normalized spacial score (nSPS) is 26.0. The van der Waals surface area contributed by atoms with Crippen molar-refractivity contribution in [2.24, 2.45) is 0 Å². The number of fused-ring (bicyclic) bond motifs is 2. The van der Waals surface area contributed by atoms with Crippen LogP contribution in [0.25, 0.3) is 0 Å². The van der Waals surface area contributed by atoms with Gasteiger partial charge in [0.15, 0.2) is 0 Å². The molecule has 0 saturated heterocycles. The largest absolute Gasteiger partial charge is 0.507 e. The lowest BCUT2D eigenvalue weighted by atomic mass is 9.74.